The summed E-state index contributed by atoms with van der Waals surface area (Å²) in [7, 11) is 0. The maximum absolute atomic E-state index is 12.9. The van der Waals surface area contributed by atoms with Crippen molar-refractivity contribution in [3.05, 3.63) is 100 Å². The number of nitrogens with zero attached hydrogens (tertiary/aromatic N) is 2. The zero-order chi connectivity index (χ0) is 21.6. The van der Waals surface area contributed by atoms with Gasteiger partial charge in [-0.1, -0.05) is 48.0 Å². The predicted molar refractivity (Wildman–Crippen MR) is 122 cm³/mol. The quantitative estimate of drug-likeness (QED) is 0.436. The fraction of sp³-hybridized carbons (Fsp3) is 0.160. The number of carbonyl (C=O) groups excluding carboxylic acids is 1. The molecule has 0 aliphatic rings. The molecule has 6 heteroatoms. The van der Waals surface area contributed by atoms with Gasteiger partial charge in [0.25, 0.3) is 0 Å². The Labute approximate surface area is 185 Å². The van der Waals surface area contributed by atoms with Crippen molar-refractivity contribution in [3.63, 3.8) is 0 Å². The molecule has 0 bridgehead atoms. The van der Waals surface area contributed by atoms with Gasteiger partial charge in [-0.2, -0.15) is 5.26 Å². The summed E-state index contributed by atoms with van der Waals surface area (Å²) < 4.78 is 0. The van der Waals surface area contributed by atoms with E-state index in [1.165, 1.54) is 0 Å². The number of para-hydroxylation sites is 1. The summed E-state index contributed by atoms with van der Waals surface area (Å²) in [5.74, 6) is -0.364. The lowest BCUT2D eigenvalue weighted by atomic mass is 9.87. The summed E-state index contributed by atoms with van der Waals surface area (Å²) >= 11 is 6.57. The van der Waals surface area contributed by atoms with E-state index >= 15 is 0 Å². The number of pyridine rings is 1. The van der Waals surface area contributed by atoms with E-state index in [1.807, 2.05) is 54.7 Å². The molecule has 154 valence electrons. The van der Waals surface area contributed by atoms with Crippen LogP contribution in [0.3, 0.4) is 0 Å². The van der Waals surface area contributed by atoms with Crippen LogP contribution in [0, 0.1) is 11.3 Å². The zero-order valence-electron chi connectivity index (χ0n) is 16.8. The Kier molecular flexibility index (Phi) is 6.30. The molecule has 4 aromatic rings. The number of hydrogen-bond donors (Lipinski definition) is 2. The monoisotopic (exact) mass is 428 g/mol. The van der Waals surface area contributed by atoms with Gasteiger partial charge in [0.1, 0.15) is 6.07 Å². The van der Waals surface area contributed by atoms with Gasteiger partial charge < -0.3 is 10.3 Å². The number of rotatable bonds is 7. The van der Waals surface area contributed by atoms with E-state index in [9.17, 15) is 10.1 Å². The largest absolute Gasteiger partial charge is 0.361 e. The van der Waals surface area contributed by atoms with Crippen molar-refractivity contribution in [3.8, 4) is 6.07 Å². The molecule has 0 spiro atoms. The Morgan fingerprint density at radius 3 is 2.74 bits per heavy atom. The lowest BCUT2D eigenvalue weighted by molar-refractivity contribution is -0.121. The van der Waals surface area contributed by atoms with Crippen LogP contribution in [0.2, 0.25) is 5.02 Å². The third-order valence-corrected chi connectivity index (χ3v) is 5.76. The number of benzene rings is 2. The first-order chi connectivity index (χ1) is 15.2. The molecule has 0 aliphatic heterocycles. The minimum atomic E-state index is -0.285. The molecule has 1 unspecified atom stereocenters. The van der Waals surface area contributed by atoms with E-state index in [4.69, 9.17) is 11.6 Å². The predicted octanol–water partition coefficient (Wildman–Crippen LogP) is 4.97. The van der Waals surface area contributed by atoms with Gasteiger partial charge in [0.2, 0.25) is 5.91 Å². The summed E-state index contributed by atoms with van der Waals surface area (Å²) in [4.78, 5) is 20.4. The second-order valence-corrected chi connectivity index (χ2v) is 7.67. The first kappa shape index (κ1) is 20.6. The van der Waals surface area contributed by atoms with Crippen molar-refractivity contribution in [2.45, 2.75) is 18.8 Å². The van der Waals surface area contributed by atoms with Gasteiger partial charge in [-0.3, -0.25) is 9.78 Å². The minimum Gasteiger partial charge on any atom is -0.361 e. The number of halogens is 1. The van der Waals surface area contributed by atoms with Crippen LogP contribution in [0.5, 0.6) is 0 Å². The van der Waals surface area contributed by atoms with Gasteiger partial charge in [-0.05, 0) is 35.4 Å². The number of fused-ring (bicyclic) bond motifs is 1. The van der Waals surface area contributed by atoms with Crippen molar-refractivity contribution in [2.24, 2.45) is 0 Å². The highest BCUT2D eigenvalue weighted by Gasteiger charge is 2.24. The van der Waals surface area contributed by atoms with E-state index < -0.39 is 0 Å². The summed E-state index contributed by atoms with van der Waals surface area (Å²) in [6.07, 6.45) is 4.55. The molecule has 0 saturated carbocycles. The third-order valence-electron chi connectivity index (χ3n) is 5.34. The molecule has 1 atom stereocenters. The van der Waals surface area contributed by atoms with E-state index in [2.05, 4.69) is 21.4 Å². The summed E-state index contributed by atoms with van der Waals surface area (Å²) in [5, 5.41) is 13.8. The molecule has 31 heavy (non-hydrogen) atoms. The molecule has 5 nitrogen and oxygen atoms in total. The van der Waals surface area contributed by atoms with Crippen LogP contribution in [0.25, 0.3) is 10.9 Å². The number of hydrogen-bond acceptors (Lipinski definition) is 3. The van der Waals surface area contributed by atoms with Crippen LogP contribution in [-0.4, -0.2) is 22.4 Å². The van der Waals surface area contributed by atoms with Gasteiger partial charge in [-0.15, -0.1) is 0 Å². The van der Waals surface area contributed by atoms with Crippen LogP contribution < -0.4 is 5.32 Å². The topological polar surface area (TPSA) is 81.6 Å². The second-order valence-electron chi connectivity index (χ2n) is 7.29. The average Bonchev–Trinajstić information content (AvgIpc) is 3.23. The van der Waals surface area contributed by atoms with Gasteiger partial charge in [0.05, 0.1) is 10.6 Å². The number of nitriles is 1. The molecule has 0 fully saturated rings. The van der Waals surface area contributed by atoms with E-state index in [-0.39, 0.29) is 18.2 Å². The molecular formula is C25H21ClN4O. The average molecular weight is 429 g/mol. The highest BCUT2D eigenvalue weighted by atomic mass is 35.5. The van der Waals surface area contributed by atoms with Crippen molar-refractivity contribution in [1.82, 2.24) is 15.3 Å². The molecule has 2 aromatic heterocycles. The fourth-order valence-corrected chi connectivity index (χ4v) is 4.11. The molecule has 0 radical (unpaired) electrons. The van der Waals surface area contributed by atoms with Crippen LogP contribution in [0.1, 0.15) is 34.7 Å². The maximum atomic E-state index is 12.9. The van der Waals surface area contributed by atoms with Gasteiger partial charge in [0.15, 0.2) is 0 Å². The minimum absolute atomic E-state index is 0.0790. The van der Waals surface area contributed by atoms with Crippen molar-refractivity contribution < 1.29 is 4.79 Å². The molecule has 1 amide bonds. The molecule has 0 saturated heterocycles. The van der Waals surface area contributed by atoms with E-state index in [1.54, 1.807) is 18.3 Å². The lowest BCUT2D eigenvalue weighted by Crippen LogP contribution is -2.27. The van der Waals surface area contributed by atoms with Crippen LogP contribution in [-0.2, 0) is 11.2 Å². The maximum Gasteiger partial charge on any atom is 0.220 e. The molecule has 4 rings (SSSR count). The Hall–Kier alpha value is -3.62. The molecule has 0 aliphatic carbocycles. The van der Waals surface area contributed by atoms with Gasteiger partial charge in [-0.25, -0.2) is 0 Å². The van der Waals surface area contributed by atoms with Crippen molar-refractivity contribution >= 4 is 28.4 Å². The first-order valence-corrected chi connectivity index (χ1v) is 10.5. The smallest absolute Gasteiger partial charge is 0.220 e. The highest BCUT2D eigenvalue weighted by molar-refractivity contribution is 6.32. The van der Waals surface area contributed by atoms with Crippen LogP contribution in [0.4, 0.5) is 0 Å². The molecular weight excluding hydrogens is 408 g/mol. The Bertz CT molecular complexity index is 1240. The second kappa shape index (κ2) is 9.46. The van der Waals surface area contributed by atoms with E-state index in [0.717, 1.165) is 27.7 Å². The van der Waals surface area contributed by atoms with Gasteiger partial charge >= 0.3 is 0 Å². The van der Waals surface area contributed by atoms with Gasteiger partial charge in [0, 0.05) is 54.3 Å². The zero-order valence-corrected chi connectivity index (χ0v) is 17.6. The standard InChI is InChI=1S/C25H21ClN4O/c26-25-17(15-27)6-5-9-20(25)21(22-16-30-23-10-2-1-8-19(22)23)14-24(31)29-13-11-18-7-3-4-12-28-18/h1-10,12,16,21,30H,11,13-14H2,(H,29,31). The molecule has 2 aromatic carbocycles. The Balaban J connectivity index is 1.60. The number of aromatic nitrogens is 2. The first-order valence-electron chi connectivity index (χ1n) is 10.1. The molecule has 2 heterocycles. The summed E-state index contributed by atoms with van der Waals surface area (Å²) in [5.41, 5.74) is 4.07. The molecule has 2 N–H and O–H groups in total. The van der Waals surface area contributed by atoms with Crippen molar-refractivity contribution in [1.29, 1.82) is 5.26 Å². The number of carbonyl (C=O) groups is 1. The Morgan fingerprint density at radius 2 is 1.94 bits per heavy atom. The lowest BCUT2D eigenvalue weighted by Gasteiger charge is -2.19. The number of nitrogens with one attached hydrogen (secondary N) is 2. The number of amides is 1. The highest BCUT2D eigenvalue weighted by Crippen LogP contribution is 2.37. The van der Waals surface area contributed by atoms with Crippen molar-refractivity contribution in [2.75, 3.05) is 6.54 Å². The van der Waals surface area contributed by atoms with Crippen LogP contribution in [0.15, 0.2) is 73.1 Å². The Morgan fingerprint density at radius 1 is 1.10 bits per heavy atom. The normalized spacial score (nSPS) is 11.7. The summed E-state index contributed by atoms with van der Waals surface area (Å²) in [6.45, 7) is 0.502. The van der Waals surface area contributed by atoms with E-state index in [0.29, 0.717) is 23.6 Å². The van der Waals surface area contributed by atoms with Crippen LogP contribution >= 0.6 is 11.6 Å². The third kappa shape index (κ3) is 4.60. The number of aromatic amines is 1. The fourth-order valence-electron chi connectivity index (χ4n) is 3.81. The number of H-pyrrole nitrogens is 1. The summed E-state index contributed by atoms with van der Waals surface area (Å²) in [6, 6.07) is 21.2. The SMILES string of the molecule is N#Cc1cccc(C(CC(=O)NCCc2ccccn2)c2c[nH]c3ccccc23)c1Cl.